The fourth-order valence-corrected chi connectivity index (χ4v) is 4.00. The number of hydrogen-bond acceptors (Lipinski definition) is 3. The number of carbonyl (C=O) groups excluding carboxylic acids is 2. The third-order valence-corrected chi connectivity index (χ3v) is 6.33. The molecule has 0 atom stereocenters. The molecule has 1 fully saturated rings. The van der Waals surface area contributed by atoms with Gasteiger partial charge in [-0.2, -0.15) is 0 Å². The number of para-hydroxylation sites is 1. The van der Waals surface area contributed by atoms with Gasteiger partial charge in [0, 0.05) is 22.2 Å². The molecular formula is C22H24IN3O2S. The van der Waals surface area contributed by atoms with Crippen LogP contribution in [0.3, 0.4) is 0 Å². The number of thiocarbonyl (C=S) groups is 1. The number of likely N-dealkylation sites (tertiary alicyclic amines) is 1. The van der Waals surface area contributed by atoms with Crippen molar-refractivity contribution in [2.75, 3.05) is 18.4 Å². The van der Waals surface area contributed by atoms with Crippen LogP contribution in [0, 0.1) is 10.5 Å². The molecule has 2 aromatic carbocycles. The van der Waals surface area contributed by atoms with Gasteiger partial charge in [0.1, 0.15) is 0 Å². The third kappa shape index (κ3) is 5.76. The molecule has 2 aromatic rings. The van der Waals surface area contributed by atoms with Gasteiger partial charge in [-0.3, -0.25) is 14.9 Å². The van der Waals surface area contributed by atoms with Gasteiger partial charge < -0.3 is 10.2 Å². The maximum Gasteiger partial charge on any atom is 0.257 e. The van der Waals surface area contributed by atoms with Crippen LogP contribution in [-0.2, 0) is 0 Å². The van der Waals surface area contributed by atoms with Gasteiger partial charge in [-0.05, 0) is 84.4 Å². The van der Waals surface area contributed by atoms with Crippen molar-refractivity contribution >= 4 is 57.4 Å². The first kappa shape index (κ1) is 21.7. The maximum atomic E-state index is 13.0. The summed E-state index contributed by atoms with van der Waals surface area (Å²) in [5.41, 5.74) is 2.82. The predicted molar refractivity (Wildman–Crippen MR) is 128 cm³/mol. The number of nitrogens with one attached hydrogen (secondary N) is 2. The van der Waals surface area contributed by atoms with Gasteiger partial charge in [0.25, 0.3) is 11.8 Å². The molecule has 7 heteroatoms. The van der Waals surface area contributed by atoms with E-state index in [0.29, 0.717) is 16.8 Å². The molecule has 0 saturated carbocycles. The number of benzene rings is 2. The molecule has 3 rings (SSSR count). The SMILES string of the molecule is Cc1ccc(C(=O)NC(=S)Nc2ccccc2C(=O)N2CCCCCC2)cc1I. The quantitative estimate of drug-likeness (QED) is 0.453. The first-order valence-electron chi connectivity index (χ1n) is 9.72. The van der Waals surface area contributed by atoms with Crippen LogP contribution >= 0.6 is 34.8 Å². The molecule has 1 heterocycles. The molecule has 2 N–H and O–H groups in total. The van der Waals surface area contributed by atoms with Crippen LogP contribution in [0.4, 0.5) is 5.69 Å². The Morgan fingerprint density at radius 3 is 2.41 bits per heavy atom. The molecule has 152 valence electrons. The number of halogens is 1. The second-order valence-electron chi connectivity index (χ2n) is 7.12. The maximum absolute atomic E-state index is 13.0. The second kappa shape index (κ2) is 10.2. The van der Waals surface area contributed by atoms with Crippen LogP contribution in [0.5, 0.6) is 0 Å². The minimum atomic E-state index is -0.281. The second-order valence-corrected chi connectivity index (χ2v) is 8.69. The van der Waals surface area contributed by atoms with E-state index in [-0.39, 0.29) is 16.9 Å². The molecule has 1 aliphatic heterocycles. The summed E-state index contributed by atoms with van der Waals surface area (Å²) in [6.07, 6.45) is 4.39. The molecule has 0 aromatic heterocycles. The van der Waals surface area contributed by atoms with Crippen molar-refractivity contribution in [3.63, 3.8) is 0 Å². The summed E-state index contributed by atoms with van der Waals surface area (Å²) < 4.78 is 1.02. The van der Waals surface area contributed by atoms with Gasteiger partial charge >= 0.3 is 0 Å². The Balaban J connectivity index is 1.69. The molecule has 5 nitrogen and oxygen atoms in total. The highest BCUT2D eigenvalue weighted by atomic mass is 127. The van der Waals surface area contributed by atoms with Gasteiger partial charge in [-0.25, -0.2) is 0 Å². The molecule has 2 amide bonds. The van der Waals surface area contributed by atoms with Crippen molar-refractivity contribution in [3.05, 3.63) is 62.7 Å². The van der Waals surface area contributed by atoms with E-state index in [0.717, 1.165) is 47.9 Å². The van der Waals surface area contributed by atoms with Gasteiger partial charge in [0.15, 0.2) is 5.11 Å². The zero-order valence-electron chi connectivity index (χ0n) is 16.3. The molecular weight excluding hydrogens is 497 g/mol. The first-order valence-corrected chi connectivity index (χ1v) is 11.2. The van der Waals surface area contributed by atoms with Crippen LogP contribution in [-0.4, -0.2) is 34.9 Å². The molecule has 1 aliphatic rings. The standard InChI is InChI=1S/C22H24IN3O2S/c1-15-10-11-16(14-18(15)23)20(27)25-22(29)24-19-9-5-4-8-17(19)21(28)26-12-6-2-3-7-13-26/h4-5,8-11,14H,2-3,6-7,12-13H2,1H3,(H2,24,25,27,29). The zero-order valence-corrected chi connectivity index (χ0v) is 19.3. The highest BCUT2D eigenvalue weighted by Crippen LogP contribution is 2.20. The smallest absolute Gasteiger partial charge is 0.257 e. The van der Waals surface area contributed by atoms with E-state index in [1.165, 1.54) is 0 Å². The van der Waals surface area contributed by atoms with E-state index in [1.807, 2.05) is 36.1 Å². The van der Waals surface area contributed by atoms with E-state index in [4.69, 9.17) is 12.2 Å². The first-order chi connectivity index (χ1) is 14.0. The number of anilines is 1. The largest absolute Gasteiger partial charge is 0.339 e. The molecule has 0 radical (unpaired) electrons. The monoisotopic (exact) mass is 521 g/mol. The summed E-state index contributed by atoms with van der Waals surface area (Å²) in [5, 5.41) is 5.89. The minimum Gasteiger partial charge on any atom is -0.339 e. The molecule has 29 heavy (non-hydrogen) atoms. The minimum absolute atomic E-state index is 0.00258. The number of carbonyl (C=O) groups is 2. The molecule has 0 aliphatic carbocycles. The highest BCUT2D eigenvalue weighted by Gasteiger charge is 2.20. The van der Waals surface area contributed by atoms with Crippen molar-refractivity contribution in [1.82, 2.24) is 10.2 Å². The van der Waals surface area contributed by atoms with Crippen molar-refractivity contribution in [3.8, 4) is 0 Å². The van der Waals surface area contributed by atoms with Crippen LogP contribution in [0.2, 0.25) is 0 Å². The average Bonchev–Trinajstić information content (AvgIpc) is 2.99. The van der Waals surface area contributed by atoms with E-state index >= 15 is 0 Å². The fraction of sp³-hybridized carbons (Fsp3) is 0.318. The summed E-state index contributed by atoms with van der Waals surface area (Å²) in [4.78, 5) is 27.4. The van der Waals surface area contributed by atoms with E-state index < -0.39 is 0 Å². The predicted octanol–water partition coefficient (Wildman–Crippen LogP) is 4.74. The summed E-state index contributed by atoms with van der Waals surface area (Å²) >= 11 is 7.53. The molecule has 0 unspecified atom stereocenters. The number of amides is 2. The van der Waals surface area contributed by atoms with Crippen molar-refractivity contribution in [2.24, 2.45) is 0 Å². The summed E-state index contributed by atoms with van der Waals surface area (Å²) in [7, 11) is 0. The Bertz CT molecular complexity index is 924. The van der Waals surface area contributed by atoms with E-state index in [2.05, 4.69) is 33.2 Å². The Hall–Kier alpha value is -2.00. The van der Waals surface area contributed by atoms with Gasteiger partial charge in [-0.15, -0.1) is 0 Å². The van der Waals surface area contributed by atoms with Crippen LogP contribution in [0.1, 0.15) is 52.0 Å². The van der Waals surface area contributed by atoms with E-state index in [9.17, 15) is 9.59 Å². The highest BCUT2D eigenvalue weighted by molar-refractivity contribution is 14.1. The Morgan fingerprint density at radius 2 is 1.72 bits per heavy atom. The zero-order chi connectivity index (χ0) is 20.8. The fourth-order valence-electron chi connectivity index (χ4n) is 3.29. The lowest BCUT2D eigenvalue weighted by molar-refractivity contribution is 0.0762. The van der Waals surface area contributed by atoms with Gasteiger partial charge in [0.2, 0.25) is 0 Å². The summed E-state index contributed by atoms with van der Waals surface area (Å²) in [5.74, 6) is -0.283. The van der Waals surface area contributed by atoms with Crippen LogP contribution < -0.4 is 10.6 Å². The number of aryl methyl sites for hydroxylation is 1. The number of hydrogen-bond donors (Lipinski definition) is 2. The van der Waals surface area contributed by atoms with Gasteiger partial charge in [-0.1, -0.05) is 31.0 Å². The van der Waals surface area contributed by atoms with Crippen LogP contribution in [0.15, 0.2) is 42.5 Å². The van der Waals surface area contributed by atoms with E-state index in [1.54, 1.807) is 18.2 Å². The number of rotatable bonds is 3. The lowest BCUT2D eigenvalue weighted by Crippen LogP contribution is -2.36. The summed E-state index contributed by atoms with van der Waals surface area (Å²) in [6, 6.07) is 12.8. The summed E-state index contributed by atoms with van der Waals surface area (Å²) in [6.45, 7) is 3.55. The van der Waals surface area contributed by atoms with Crippen molar-refractivity contribution in [2.45, 2.75) is 32.6 Å². The number of nitrogens with zero attached hydrogens (tertiary/aromatic N) is 1. The van der Waals surface area contributed by atoms with Crippen molar-refractivity contribution in [1.29, 1.82) is 0 Å². The molecule has 0 spiro atoms. The van der Waals surface area contributed by atoms with Gasteiger partial charge in [0.05, 0.1) is 11.3 Å². The average molecular weight is 521 g/mol. The van der Waals surface area contributed by atoms with Crippen molar-refractivity contribution < 1.29 is 9.59 Å². The molecule has 0 bridgehead atoms. The van der Waals surface area contributed by atoms with Crippen LogP contribution in [0.25, 0.3) is 0 Å². The Labute approximate surface area is 190 Å². The lowest BCUT2D eigenvalue weighted by Gasteiger charge is -2.22. The third-order valence-electron chi connectivity index (χ3n) is 4.96. The lowest BCUT2D eigenvalue weighted by atomic mass is 10.1. The molecule has 1 saturated heterocycles. The Morgan fingerprint density at radius 1 is 1.03 bits per heavy atom. The normalized spacial score (nSPS) is 14.1. The topological polar surface area (TPSA) is 61.4 Å². The Kier molecular flexibility index (Phi) is 7.60.